The molecule has 1 amide bonds. The van der Waals surface area contributed by atoms with Crippen LogP contribution in [0.1, 0.15) is 58.1 Å². The van der Waals surface area contributed by atoms with E-state index in [0.29, 0.717) is 12.3 Å². The van der Waals surface area contributed by atoms with Crippen LogP contribution < -0.4 is 14.8 Å². The van der Waals surface area contributed by atoms with Crippen LogP contribution in [-0.2, 0) is 9.53 Å². The van der Waals surface area contributed by atoms with Gasteiger partial charge in [0.25, 0.3) is 0 Å². The maximum atomic E-state index is 12.6. The predicted molar refractivity (Wildman–Crippen MR) is 101 cm³/mol. The molecule has 1 saturated carbocycles. The largest absolute Gasteiger partial charge is 0.493 e. The number of nitrogens with one attached hydrogen (secondary N) is 1. The molecule has 0 aromatic heterocycles. The van der Waals surface area contributed by atoms with E-state index in [9.17, 15) is 13.6 Å². The van der Waals surface area contributed by atoms with Gasteiger partial charge in [0.1, 0.15) is 0 Å². The predicted octanol–water partition coefficient (Wildman–Crippen LogP) is 4.46. The molecule has 0 unspecified atom stereocenters. The number of alkyl halides is 2. The van der Waals surface area contributed by atoms with Gasteiger partial charge in [-0.2, -0.15) is 8.78 Å². The molecule has 1 aliphatic heterocycles. The molecule has 5 atom stereocenters. The Morgan fingerprint density at radius 1 is 1.32 bits per heavy atom. The van der Waals surface area contributed by atoms with Gasteiger partial charge in [-0.25, -0.2) is 0 Å². The summed E-state index contributed by atoms with van der Waals surface area (Å²) in [6.07, 6.45) is 3.47. The quantitative estimate of drug-likeness (QED) is 0.797. The molecule has 1 heterocycles. The van der Waals surface area contributed by atoms with E-state index in [0.717, 1.165) is 24.8 Å². The van der Waals surface area contributed by atoms with Crippen LogP contribution in [0.4, 0.5) is 8.78 Å². The molecule has 156 valence electrons. The molecular formula is C21H29F2NO4. The van der Waals surface area contributed by atoms with Crippen molar-refractivity contribution in [3.63, 3.8) is 0 Å². The Balaban J connectivity index is 1.90. The molecule has 1 saturated heterocycles. The van der Waals surface area contributed by atoms with E-state index in [4.69, 9.17) is 9.47 Å². The molecule has 2 fully saturated rings. The van der Waals surface area contributed by atoms with E-state index in [-0.39, 0.29) is 41.1 Å². The highest BCUT2D eigenvalue weighted by Crippen LogP contribution is 2.48. The van der Waals surface area contributed by atoms with Gasteiger partial charge in [-0.1, -0.05) is 19.4 Å². The lowest BCUT2D eigenvalue weighted by atomic mass is 9.66. The lowest BCUT2D eigenvalue weighted by Gasteiger charge is -2.52. The number of hydrogen-bond donors (Lipinski definition) is 1. The first-order valence-electron chi connectivity index (χ1n) is 9.79. The average Bonchev–Trinajstić information content (AvgIpc) is 2.60. The zero-order valence-electron chi connectivity index (χ0n) is 16.8. The fourth-order valence-electron chi connectivity index (χ4n) is 4.82. The van der Waals surface area contributed by atoms with Crippen molar-refractivity contribution in [3.8, 4) is 11.5 Å². The highest BCUT2D eigenvalue weighted by atomic mass is 19.3. The number of methoxy groups -OCH3 is 1. The van der Waals surface area contributed by atoms with Gasteiger partial charge in [0.05, 0.1) is 19.3 Å². The molecule has 0 radical (unpaired) electrons. The van der Waals surface area contributed by atoms with Crippen molar-refractivity contribution >= 4 is 5.91 Å². The van der Waals surface area contributed by atoms with E-state index in [1.807, 2.05) is 0 Å². The molecule has 1 N–H and O–H groups in total. The highest BCUT2D eigenvalue weighted by Gasteiger charge is 2.49. The Kier molecular flexibility index (Phi) is 6.12. The monoisotopic (exact) mass is 397 g/mol. The van der Waals surface area contributed by atoms with Gasteiger partial charge in [-0.15, -0.1) is 0 Å². The number of carbonyl (C=O) groups is 1. The number of carbonyl (C=O) groups excluding carboxylic acids is 1. The number of rotatable bonds is 5. The van der Waals surface area contributed by atoms with E-state index in [1.165, 1.54) is 20.1 Å². The molecule has 1 aliphatic carbocycles. The van der Waals surface area contributed by atoms with Crippen LogP contribution in [0.5, 0.6) is 11.5 Å². The average molecular weight is 397 g/mol. The maximum Gasteiger partial charge on any atom is 0.387 e. The van der Waals surface area contributed by atoms with Gasteiger partial charge in [-0.05, 0) is 43.4 Å². The summed E-state index contributed by atoms with van der Waals surface area (Å²) in [5.41, 5.74) is 0.442. The first-order valence-corrected chi connectivity index (χ1v) is 9.79. The zero-order valence-corrected chi connectivity index (χ0v) is 16.8. The van der Waals surface area contributed by atoms with Crippen molar-refractivity contribution in [2.75, 3.05) is 7.11 Å². The lowest BCUT2D eigenvalue weighted by Crippen LogP contribution is -2.60. The number of hydrogen-bond acceptors (Lipinski definition) is 4. The summed E-state index contributed by atoms with van der Waals surface area (Å²) >= 11 is 0. The molecule has 28 heavy (non-hydrogen) atoms. The topological polar surface area (TPSA) is 56.8 Å². The SMILES string of the molecule is COc1cc([C@H]2C[C@](C)(NC(C)=O)[C@@H]3CC[C@@H](C)C[C@H]3O2)ccc1OC(F)F. The Labute approximate surface area is 164 Å². The Morgan fingerprint density at radius 2 is 2.07 bits per heavy atom. The molecule has 2 aliphatic rings. The van der Waals surface area contributed by atoms with Crippen LogP contribution in [0.25, 0.3) is 0 Å². The van der Waals surface area contributed by atoms with Gasteiger partial charge < -0.3 is 19.5 Å². The van der Waals surface area contributed by atoms with E-state index in [1.54, 1.807) is 12.1 Å². The van der Waals surface area contributed by atoms with Gasteiger partial charge in [0.15, 0.2) is 11.5 Å². The minimum atomic E-state index is -2.92. The van der Waals surface area contributed by atoms with Gasteiger partial charge in [-0.3, -0.25) is 4.79 Å². The van der Waals surface area contributed by atoms with Gasteiger partial charge >= 0.3 is 6.61 Å². The van der Waals surface area contributed by atoms with E-state index < -0.39 is 6.61 Å². The van der Waals surface area contributed by atoms with E-state index >= 15 is 0 Å². The molecule has 5 nitrogen and oxygen atoms in total. The first-order chi connectivity index (χ1) is 13.2. The molecule has 0 bridgehead atoms. The second-order valence-corrected chi connectivity index (χ2v) is 8.28. The summed E-state index contributed by atoms with van der Waals surface area (Å²) in [5.74, 6) is 0.997. The number of halogens is 2. The molecule has 1 aromatic carbocycles. The maximum absolute atomic E-state index is 12.6. The van der Waals surface area contributed by atoms with Crippen LogP contribution in [0.2, 0.25) is 0 Å². The fourth-order valence-corrected chi connectivity index (χ4v) is 4.82. The van der Waals surface area contributed by atoms with Gasteiger partial charge in [0, 0.05) is 24.8 Å². The van der Waals surface area contributed by atoms with Crippen molar-refractivity contribution < 1.29 is 27.8 Å². The summed E-state index contributed by atoms with van der Waals surface area (Å²) < 4.78 is 41.4. The van der Waals surface area contributed by atoms with Crippen LogP contribution in [-0.4, -0.2) is 31.3 Å². The second-order valence-electron chi connectivity index (χ2n) is 8.28. The van der Waals surface area contributed by atoms with E-state index in [2.05, 4.69) is 23.9 Å². The molecule has 7 heteroatoms. The normalized spacial score (nSPS) is 32.5. The summed E-state index contributed by atoms with van der Waals surface area (Å²) in [5, 5.41) is 3.16. The number of fused-ring (bicyclic) bond motifs is 1. The van der Waals surface area contributed by atoms with Crippen LogP contribution >= 0.6 is 0 Å². The first kappa shape index (κ1) is 20.8. The van der Waals surface area contributed by atoms with Crippen molar-refractivity contribution in [1.29, 1.82) is 0 Å². The third-order valence-electron chi connectivity index (χ3n) is 6.06. The molecule has 1 aromatic rings. The number of ether oxygens (including phenoxy) is 3. The van der Waals surface area contributed by atoms with Crippen LogP contribution in [0.3, 0.4) is 0 Å². The summed E-state index contributed by atoms with van der Waals surface area (Å²) in [6, 6.07) is 4.89. The third kappa shape index (κ3) is 4.40. The second kappa shape index (κ2) is 8.23. The standard InChI is InChI=1S/C21H29F2NO4/c1-12-5-7-15-17(9-12)27-19(11-21(15,3)24-13(2)25)14-6-8-16(28-20(22)23)18(10-14)26-4/h6,8,10,12,15,17,19-20H,5,7,9,11H2,1-4H3,(H,24,25)/t12-,15-,17-,19-,21+/m1/s1. The summed E-state index contributed by atoms with van der Waals surface area (Å²) in [4.78, 5) is 11.9. The summed E-state index contributed by atoms with van der Waals surface area (Å²) in [7, 11) is 1.42. The minimum absolute atomic E-state index is 0.00847. The van der Waals surface area contributed by atoms with Crippen LogP contribution in [0, 0.1) is 11.8 Å². The molecule has 0 spiro atoms. The van der Waals surface area contributed by atoms with Crippen molar-refractivity contribution in [2.24, 2.45) is 11.8 Å². The molecular weight excluding hydrogens is 368 g/mol. The van der Waals surface area contributed by atoms with Crippen molar-refractivity contribution in [2.45, 2.75) is 70.8 Å². The van der Waals surface area contributed by atoms with Crippen LogP contribution in [0.15, 0.2) is 18.2 Å². The van der Waals surface area contributed by atoms with Crippen molar-refractivity contribution in [3.05, 3.63) is 23.8 Å². The third-order valence-corrected chi connectivity index (χ3v) is 6.06. The summed E-state index contributed by atoms with van der Waals surface area (Å²) in [6.45, 7) is 2.93. The Bertz CT molecular complexity index is 714. The minimum Gasteiger partial charge on any atom is -0.493 e. The zero-order chi connectivity index (χ0) is 20.5. The Hall–Kier alpha value is -1.89. The smallest absolute Gasteiger partial charge is 0.387 e. The fraction of sp³-hybridized carbons (Fsp3) is 0.667. The molecule has 3 rings (SSSR count). The van der Waals surface area contributed by atoms with Gasteiger partial charge in [0.2, 0.25) is 5.91 Å². The van der Waals surface area contributed by atoms with Crippen molar-refractivity contribution in [1.82, 2.24) is 5.32 Å². The highest BCUT2D eigenvalue weighted by molar-refractivity contribution is 5.73. The lowest BCUT2D eigenvalue weighted by molar-refractivity contribution is -0.153. The number of benzene rings is 1. The number of amides is 1. The Morgan fingerprint density at radius 3 is 2.71 bits per heavy atom.